The van der Waals surface area contributed by atoms with Crippen LogP contribution in [-0.4, -0.2) is 45.9 Å². The van der Waals surface area contributed by atoms with Gasteiger partial charge in [-0.15, -0.1) is 0 Å². The van der Waals surface area contributed by atoms with Gasteiger partial charge in [-0.25, -0.2) is 22.7 Å². The standard InChI is InChI=1S/C18H25NO6S/c1-14(2)13-26(22,23)19-16(11-15-7-5-4-6-8-15)12-25-18(21)10-9-17(20)24-3/h4-10,14,16,19H,11-13H2,1-3H3. The Labute approximate surface area is 154 Å². The zero-order valence-corrected chi connectivity index (χ0v) is 16.0. The van der Waals surface area contributed by atoms with Crippen molar-refractivity contribution in [1.82, 2.24) is 4.72 Å². The Hall–Kier alpha value is -2.19. The molecule has 144 valence electrons. The summed E-state index contributed by atoms with van der Waals surface area (Å²) < 4.78 is 36.5. The topological polar surface area (TPSA) is 98.8 Å². The summed E-state index contributed by atoms with van der Waals surface area (Å²) in [5.74, 6) is -1.48. The lowest BCUT2D eigenvalue weighted by Gasteiger charge is -2.19. The summed E-state index contributed by atoms with van der Waals surface area (Å²) in [7, 11) is -2.32. The Morgan fingerprint density at radius 1 is 1.12 bits per heavy atom. The molecule has 7 nitrogen and oxygen atoms in total. The number of benzene rings is 1. The van der Waals surface area contributed by atoms with E-state index in [1.54, 1.807) is 0 Å². The number of carbonyl (C=O) groups excluding carboxylic acids is 2. The molecular weight excluding hydrogens is 358 g/mol. The summed E-state index contributed by atoms with van der Waals surface area (Å²) in [6.07, 6.45) is 2.25. The Balaban J connectivity index is 2.76. The van der Waals surface area contributed by atoms with Gasteiger partial charge in [-0.05, 0) is 17.9 Å². The van der Waals surface area contributed by atoms with Crippen LogP contribution in [0.1, 0.15) is 19.4 Å². The first-order valence-corrected chi connectivity index (χ1v) is 9.83. The predicted molar refractivity (Wildman–Crippen MR) is 97.8 cm³/mol. The van der Waals surface area contributed by atoms with Crippen LogP contribution in [0, 0.1) is 5.92 Å². The molecule has 0 radical (unpaired) electrons. The van der Waals surface area contributed by atoms with Gasteiger partial charge >= 0.3 is 11.9 Å². The van der Waals surface area contributed by atoms with E-state index in [1.165, 1.54) is 7.11 Å². The summed E-state index contributed by atoms with van der Waals surface area (Å²) in [5, 5.41) is 0. The molecule has 0 bridgehead atoms. The highest BCUT2D eigenvalue weighted by molar-refractivity contribution is 7.89. The molecule has 0 spiro atoms. The molecule has 26 heavy (non-hydrogen) atoms. The summed E-state index contributed by atoms with van der Waals surface area (Å²) >= 11 is 0. The average molecular weight is 383 g/mol. The van der Waals surface area contributed by atoms with E-state index >= 15 is 0 Å². The molecule has 8 heteroatoms. The van der Waals surface area contributed by atoms with Gasteiger partial charge in [0.05, 0.1) is 18.9 Å². The fraction of sp³-hybridized carbons (Fsp3) is 0.444. The van der Waals surface area contributed by atoms with Crippen molar-refractivity contribution in [2.24, 2.45) is 5.92 Å². The number of methoxy groups -OCH3 is 1. The maximum Gasteiger partial charge on any atom is 0.331 e. The highest BCUT2D eigenvalue weighted by atomic mass is 32.2. The Morgan fingerprint density at radius 3 is 2.31 bits per heavy atom. The molecule has 0 heterocycles. The monoisotopic (exact) mass is 383 g/mol. The zero-order valence-electron chi connectivity index (χ0n) is 15.2. The van der Waals surface area contributed by atoms with Gasteiger partial charge in [0.2, 0.25) is 10.0 Å². The first-order valence-electron chi connectivity index (χ1n) is 8.18. The number of rotatable bonds is 10. The van der Waals surface area contributed by atoms with Crippen LogP contribution in [0.2, 0.25) is 0 Å². The highest BCUT2D eigenvalue weighted by Gasteiger charge is 2.21. The van der Waals surface area contributed by atoms with Crippen molar-refractivity contribution in [1.29, 1.82) is 0 Å². The molecule has 1 atom stereocenters. The van der Waals surface area contributed by atoms with Gasteiger partial charge in [-0.3, -0.25) is 0 Å². The third-order valence-electron chi connectivity index (χ3n) is 3.21. The second kappa shape index (κ2) is 10.7. The molecule has 0 saturated carbocycles. The fourth-order valence-electron chi connectivity index (χ4n) is 2.21. The number of carbonyl (C=O) groups is 2. The van der Waals surface area contributed by atoms with Crippen LogP contribution in [-0.2, 0) is 35.5 Å². The molecule has 0 aromatic heterocycles. The second-order valence-corrected chi connectivity index (χ2v) is 7.96. The molecule has 0 amide bonds. The third-order valence-corrected chi connectivity index (χ3v) is 5.01. The molecule has 1 N–H and O–H groups in total. The van der Waals surface area contributed by atoms with E-state index < -0.39 is 28.0 Å². The largest absolute Gasteiger partial charge is 0.466 e. The van der Waals surface area contributed by atoms with Crippen molar-refractivity contribution in [3.63, 3.8) is 0 Å². The van der Waals surface area contributed by atoms with Gasteiger partial charge in [0.15, 0.2) is 0 Å². The van der Waals surface area contributed by atoms with E-state index in [9.17, 15) is 18.0 Å². The van der Waals surface area contributed by atoms with Crippen molar-refractivity contribution >= 4 is 22.0 Å². The summed E-state index contributed by atoms with van der Waals surface area (Å²) in [6.45, 7) is 3.46. The fourth-order valence-corrected chi connectivity index (χ4v) is 3.84. The summed E-state index contributed by atoms with van der Waals surface area (Å²) in [4.78, 5) is 22.6. The Bertz CT molecular complexity index is 712. The molecule has 1 aromatic rings. The van der Waals surface area contributed by atoms with Crippen LogP contribution >= 0.6 is 0 Å². The maximum absolute atomic E-state index is 12.2. The van der Waals surface area contributed by atoms with E-state index in [2.05, 4.69) is 9.46 Å². The SMILES string of the molecule is COC(=O)C=CC(=O)OCC(Cc1ccccc1)NS(=O)(=O)CC(C)C. The van der Waals surface area contributed by atoms with Gasteiger partial charge in [0.1, 0.15) is 6.61 Å². The number of hydrogen-bond donors (Lipinski definition) is 1. The Morgan fingerprint density at radius 2 is 1.73 bits per heavy atom. The first kappa shape index (κ1) is 21.9. The van der Waals surface area contributed by atoms with Crippen molar-refractivity contribution in [3.8, 4) is 0 Å². The molecule has 0 fully saturated rings. The highest BCUT2D eigenvalue weighted by Crippen LogP contribution is 2.07. The van der Waals surface area contributed by atoms with Gasteiger partial charge in [0.25, 0.3) is 0 Å². The molecule has 0 aliphatic rings. The molecule has 0 aliphatic carbocycles. The smallest absolute Gasteiger partial charge is 0.331 e. The first-order chi connectivity index (χ1) is 12.2. The van der Waals surface area contributed by atoms with Crippen LogP contribution in [0.15, 0.2) is 42.5 Å². The van der Waals surface area contributed by atoms with E-state index in [0.717, 1.165) is 17.7 Å². The zero-order chi connectivity index (χ0) is 19.6. The Kier molecular flexibility index (Phi) is 9.01. The molecule has 0 aliphatic heterocycles. The predicted octanol–water partition coefficient (Wildman–Crippen LogP) is 1.45. The molecular formula is C18H25NO6S. The third kappa shape index (κ3) is 9.33. The maximum atomic E-state index is 12.2. The summed E-state index contributed by atoms with van der Waals surface area (Å²) in [6, 6.07) is 8.67. The van der Waals surface area contributed by atoms with E-state index in [0.29, 0.717) is 6.42 Å². The van der Waals surface area contributed by atoms with Crippen molar-refractivity contribution in [2.75, 3.05) is 19.5 Å². The van der Waals surface area contributed by atoms with Gasteiger partial charge in [0, 0.05) is 12.2 Å². The van der Waals surface area contributed by atoms with E-state index in [4.69, 9.17) is 4.74 Å². The van der Waals surface area contributed by atoms with Gasteiger partial charge < -0.3 is 9.47 Å². The van der Waals surface area contributed by atoms with Crippen LogP contribution in [0.3, 0.4) is 0 Å². The minimum atomic E-state index is -3.51. The lowest BCUT2D eigenvalue weighted by Crippen LogP contribution is -2.42. The van der Waals surface area contributed by atoms with Crippen molar-refractivity contribution in [3.05, 3.63) is 48.0 Å². The molecule has 0 saturated heterocycles. The second-order valence-electron chi connectivity index (χ2n) is 6.17. The van der Waals surface area contributed by atoms with Gasteiger partial charge in [-0.2, -0.15) is 0 Å². The number of ether oxygens (including phenoxy) is 2. The van der Waals surface area contributed by atoms with E-state index in [-0.39, 0.29) is 18.3 Å². The van der Waals surface area contributed by atoms with Crippen LogP contribution in [0.5, 0.6) is 0 Å². The number of nitrogens with one attached hydrogen (secondary N) is 1. The molecule has 1 rings (SSSR count). The number of sulfonamides is 1. The minimum Gasteiger partial charge on any atom is -0.466 e. The van der Waals surface area contributed by atoms with Crippen LogP contribution in [0.25, 0.3) is 0 Å². The van der Waals surface area contributed by atoms with Crippen molar-refractivity contribution in [2.45, 2.75) is 26.3 Å². The lowest BCUT2D eigenvalue weighted by atomic mass is 10.1. The molecule has 1 unspecified atom stereocenters. The normalized spacial score (nSPS) is 12.9. The quantitative estimate of drug-likeness (QED) is 0.485. The minimum absolute atomic E-state index is 0.0194. The van der Waals surface area contributed by atoms with Crippen LogP contribution < -0.4 is 4.72 Å². The lowest BCUT2D eigenvalue weighted by molar-refractivity contribution is -0.139. The van der Waals surface area contributed by atoms with Crippen molar-refractivity contribution < 1.29 is 27.5 Å². The number of esters is 2. The average Bonchev–Trinajstić information content (AvgIpc) is 2.56. The van der Waals surface area contributed by atoms with E-state index in [1.807, 2.05) is 44.2 Å². The summed E-state index contributed by atoms with van der Waals surface area (Å²) in [5.41, 5.74) is 0.908. The number of hydrogen-bond acceptors (Lipinski definition) is 6. The van der Waals surface area contributed by atoms with Crippen LogP contribution in [0.4, 0.5) is 0 Å². The molecule has 1 aromatic carbocycles. The van der Waals surface area contributed by atoms with Gasteiger partial charge in [-0.1, -0.05) is 44.2 Å².